The lowest BCUT2D eigenvalue weighted by Gasteiger charge is -2.47. The Morgan fingerprint density at radius 1 is 0.378 bits per heavy atom. The summed E-state index contributed by atoms with van der Waals surface area (Å²) in [5, 5.41) is 142. The minimum atomic E-state index is -2.02. The molecule has 0 aromatic heterocycles. The summed E-state index contributed by atoms with van der Waals surface area (Å²) in [6.45, 7) is -3.16. The van der Waals surface area contributed by atoms with Gasteiger partial charge in [0.15, 0.2) is 25.2 Å². The number of aliphatic hydroxyl groups excluding tert-OH is 14. The SMILES string of the molecule is OC[C@H]1O[C@@H](O[C@@H]2[C@H](O)[C@H](OC[C@H]3O[C@@H](O)[C@@H](O)[C@@H](O[C@@H]4O[C@H](CO)[C@@H](O)[C@H](O)[C@@H]4O)[C@@H]3O)O[C@H](CO)[C@H]2O)[C@@H](O)[C@@H](O)[C@@H]1O. The lowest BCUT2D eigenvalue weighted by atomic mass is 9.96. The topological polar surface area (TPSA) is 348 Å². The molecule has 4 aliphatic rings. The van der Waals surface area contributed by atoms with Gasteiger partial charge in [-0.25, -0.2) is 0 Å². The molecule has 45 heavy (non-hydrogen) atoms. The van der Waals surface area contributed by atoms with E-state index in [-0.39, 0.29) is 0 Å². The molecule has 20 atom stereocenters. The zero-order valence-electron chi connectivity index (χ0n) is 23.5. The van der Waals surface area contributed by atoms with Crippen molar-refractivity contribution in [1.29, 1.82) is 0 Å². The highest BCUT2D eigenvalue weighted by Crippen LogP contribution is 2.32. The average Bonchev–Trinajstić information content (AvgIpc) is 3.02. The predicted molar refractivity (Wildman–Crippen MR) is 134 cm³/mol. The van der Waals surface area contributed by atoms with Crippen LogP contribution in [-0.2, 0) is 33.2 Å². The molecule has 0 radical (unpaired) electrons. The summed E-state index contributed by atoms with van der Waals surface area (Å²) in [5.41, 5.74) is 0. The predicted octanol–water partition coefficient (Wildman–Crippen LogP) is -9.75. The van der Waals surface area contributed by atoms with Gasteiger partial charge >= 0.3 is 0 Å². The van der Waals surface area contributed by atoms with Crippen LogP contribution in [0.5, 0.6) is 0 Å². The molecular formula is C24H42O21. The van der Waals surface area contributed by atoms with Crippen molar-refractivity contribution in [1.82, 2.24) is 0 Å². The largest absolute Gasteiger partial charge is 0.394 e. The standard InChI is InChI=1S/C24H42O21/c25-1-5-9(28)13(32)15(34)23(42-5)44-19-12(31)8(40-21(38)17(19)36)4-39-22-18(37)20(11(30)7(3-27)41-22)45-24-16(35)14(33)10(29)6(2-26)43-24/h5-38H,1-4H2/t5-,6-,7-,8-,9-,10-,11-,12-,13+,14+,15+,16+,17+,18+,19+,20+,21-,22-,23+,24+/m1/s1. The van der Waals surface area contributed by atoms with Gasteiger partial charge in [0.05, 0.1) is 26.4 Å². The van der Waals surface area contributed by atoms with Crippen LogP contribution in [-0.4, -0.2) is 221 Å². The van der Waals surface area contributed by atoms with Crippen molar-refractivity contribution in [3.8, 4) is 0 Å². The van der Waals surface area contributed by atoms with Crippen molar-refractivity contribution in [2.24, 2.45) is 0 Å². The highest BCUT2D eigenvalue weighted by molar-refractivity contribution is 4.96. The van der Waals surface area contributed by atoms with Crippen molar-refractivity contribution < 1.29 is 105 Å². The van der Waals surface area contributed by atoms with E-state index in [1.165, 1.54) is 0 Å². The van der Waals surface area contributed by atoms with Gasteiger partial charge in [-0.2, -0.15) is 0 Å². The Morgan fingerprint density at radius 2 is 0.778 bits per heavy atom. The summed E-state index contributed by atoms with van der Waals surface area (Å²) >= 11 is 0. The monoisotopic (exact) mass is 666 g/mol. The zero-order valence-corrected chi connectivity index (χ0v) is 23.5. The van der Waals surface area contributed by atoms with Gasteiger partial charge in [-0.05, 0) is 0 Å². The second kappa shape index (κ2) is 15.6. The van der Waals surface area contributed by atoms with Crippen LogP contribution in [0.2, 0.25) is 0 Å². The molecule has 0 aromatic rings. The van der Waals surface area contributed by atoms with Crippen molar-refractivity contribution >= 4 is 0 Å². The van der Waals surface area contributed by atoms with Crippen LogP contribution in [0, 0.1) is 0 Å². The van der Waals surface area contributed by atoms with E-state index in [2.05, 4.69) is 0 Å². The first kappa shape index (κ1) is 37.0. The minimum Gasteiger partial charge on any atom is -0.394 e. The van der Waals surface area contributed by atoms with Gasteiger partial charge in [-0.1, -0.05) is 0 Å². The highest BCUT2D eigenvalue weighted by Gasteiger charge is 2.53. The maximum atomic E-state index is 10.9. The third kappa shape index (κ3) is 7.59. The Labute approximate surface area is 254 Å². The molecule has 0 aromatic carbocycles. The van der Waals surface area contributed by atoms with Crippen LogP contribution in [0.3, 0.4) is 0 Å². The summed E-state index contributed by atoms with van der Waals surface area (Å²) < 4.78 is 37.4. The molecule has 0 amide bonds. The van der Waals surface area contributed by atoms with E-state index in [9.17, 15) is 71.5 Å². The molecule has 21 heteroatoms. The van der Waals surface area contributed by atoms with Gasteiger partial charge in [-0.15, -0.1) is 0 Å². The zero-order chi connectivity index (χ0) is 33.3. The second-order valence-electron chi connectivity index (χ2n) is 11.2. The normalized spacial score (nSPS) is 52.9. The Hall–Kier alpha value is -0.840. The second-order valence-corrected chi connectivity index (χ2v) is 11.2. The van der Waals surface area contributed by atoms with Crippen LogP contribution >= 0.6 is 0 Å². The van der Waals surface area contributed by atoms with Gasteiger partial charge in [-0.3, -0.25) is 0 Å². The lowest BCUT2D eigenvalue weighted by molar-refractivity contribution is -0.371. The van der Waals surface area contributed by atoms with E-state index >= 15 is 0 Å². The molecule has 4 heterocycles. The summed E-state index contributed by atoms with van der Waals surface area (Å²) in [6.07, 6.45) is -35.2. The molecule has 4 fully saturated rings. The number of rotatable bonds is 10. The molecule has 14 N–H and O–H groups in total. The maximum Gasteiger partial charge on any atom is 0.187 e. The molecule has 0 spiro atoms. The Balaban J connectivity index is 1.43. The lowest BCUT2D eigenvalue weighted by Crippen LogP contribution is -2.66. The Bertz CT molecular complexity index is 914. The van der Waals surface area contributed by atoms with Crippen molar-refractivity contribution in [3.63, 3.8) is 0 Å². The molecule has 4 saturated heterocycles. The summed E-state index contributed by atoms with van der Waals surface area (Å²) in [4.78, 5) is 0. The molecule has 21 nitrogen and oxygen atoms in total. The molecule has 4 aliphatic heterocycles. The fourth-order valence-corrected chi connectivity index (χ4v) is 5.43. The van der Waals surface area contributed by atoms with E-state index in [0.717, 1.165) is 0 Å². The van der Waals surface area contributed by atoms with E-state index in [4.69, 9.17) is 33.2 Å². The van der Waals surface area contributed by atoms with E-state index in [0.29, 0.717) is 0 Å². The number of aliphatic hydroxyl groups is 14. The van der Waals surface area contributed by atoms with Gasteiger partial charge in [0.2, 0.25) is 0 Å². The van der Waals surface area contributed by atoms with Crippen LogP contribution in [0.15, 0.2) is 0 Å². The maximum absolute atomic E-state index is 10.9. The summed E-state index contributed by atoms with van der Waals surface area (Å²) in [6, 6.07) is 0. The molecule has 264 valence electrons. The summed E-state index contributed by atoms with van der Waals surface area (Å²) in [7, 11) is 0. The van der Waals surface area contributed by atoms with Gasteiger partial charge < -0.3 is 105 Å². The van der Waals surface area contributed by atoms with Crippen molar-refractivity contribution in [2.45, 2.75) is 123 Å². The van der Waals surface area contributed by atoms with Gasteiger partial charge in [0, 0.05) is 0 Å². The Kier molecular flexibility index (Phi) is 12.8. The van der Waals surface area contributed by atoms with Crippen LogP contribution in [0.25, 0.3) is 0 Å². The van der Waals surface area contributed by atoms with Crippen LogP contribution < -0.4 is 0 Å². The highest BCUT2D eigenvalue weighted by atomic mass is 16.8. The molecule has 0 aliphatic carbocycles. The first-order chi connectivity index (χ1) is 21.2. The van der Waals surface area contributed by atoms with Crippen molar-refractivity contribution in [2.75, 3.05) is 26.4 Å². The number of hydrogen-bond acceptors (Lipinski definition) is 21. The third-order valence-electron chi connectivity index (χ3n) is 8.19. The smallest absolute Gasteiger partial charge is 0.187 e. The fourth-order valence-electron chi connectivity index (χ4n) is 5.43. The molecule has 0 bridgehead atoms. The van der Waals surface area contributed by atoms with Crippen molar-refractivity contribution in [3.05, 3.63) is 0 Å². The van der Waals surface area contributed by atoms with Gasteiger partial charge in [0.1, 0.15) is 97.7 Å². The molecule has 4 rings (SSSR count). The van der Waals surface area contributed by atoms with E-state index in [1.807, 2.05) is 0 Å². The number of hydrogen-bond donors (Lipinski definition) is 14. The molecule has 0 saturated carbocycles. The minimum absolute atomic E-state index is 0.734. The van der Waals surface area contributed by atoms with Crippen LogP contribution in [0.4, 0.5) is 0 Å². The van der Waals surface area contributed by atoms with Gasteiger partial charge in [0.25, 0.3) is 0 Å². The molecular weight excluding hydrogens is 624 g/mol. The third-order valence-corrected chi connectivity index (χ3v) is 8.19. The first-order valence-electron chi connectivity index (χ1n) is 14.1. The van der Waals surface area contributed by atoms with Crippen LogP contribution in [0.1, 0.15) is 0 Å². The van der Waals surface area contributed by atoms with E-state index in [1.54, 1.807) is 0 Å². The Morgan fingerprint density at radius 3 is 1.24 bits per heavy atom. The first-order valence-corrected chi connectivity index (χ1v) is 14.1. The average molecular weight is 667 g/mol. The molecule has 0 unspecified atom stereocenters. The summed E-state index contributed by atoms with van der Waals surface area (Å²) in [5.74, 6) is 0. The quantitative estimate of drug-likeness (QED) is 0.103. The fraction of sp³-hybridized carbons (Fsp3) is 1.00. The number of ether oxygens (including phenoxy) is 7. The van der Waals surface area contributed by atoms with E-state index < -0.39 is 149 Å².